The predicted octanol–water partition coefficient (Wildman–Crippen LogP) is 5.19. The van der Waals surface area contributed by atoms with Gasteiger partial charge >= 0.3 is 12.1 Å². The van der Waals surface area contributed by atoms with Gasteiger partial charge in [-0.15, -0.1) is 0 Å². The van der Waals surface area contributed by atoms with E-state index < -0.39 is 53.1 Å². The van der Waals surface area contributed by atoms with Crippen LogP contribution in [0.1, 0.15) is 71.8 Å². The van der Waals surface area contributed by atoms with E-state index in [1.54, 1.807) is 25.6 Å². The first-order chi connectivity index (χ1) is 24.8. The number of nitrogens with zero attached hydrogens (tertiary/aromatic N) is 5. The zero-order valence-electron chi connectivity index (χ0n) is 30.5. The molecule has 1 aromatic heterocycles. The van der Waals surface area contributed by atoms with Gasteiger partial charge in [0.1, 0.15) is 34.6 Å². The Kier molecular flexibility index (Phi) is 10.4. The van der Waals surface area contributed by atoms with Gasteiger partial charge in [-0.3, -0.25) is 9.59 Å². The number of anilines is 1. The number of benzene rings is 2. The predicted molar refractivity (Wildman–Crippen MR) is 196 cm³/mol. The van der Waals surface area contributed by atoms with E-state index in [1.165, 1.54) is 4.90 Å². The van der Waals surface area contributed by atoms with Gasteiger partial charge in [-0.2, -0.15) is 15.0 Å². The van der Waals surface area contributed by atoms with Gasteiger partial charge in [0, 0.05) is 49.8 Å². The molecular weight excluding hydrogens is 662 g/mol. The number of aliphatic carboxylic acids is 1. The van der Waals surface area contributed by atoms with Crippen molar-refractivity contribution in [2.24, 2.45) is 5.92 Å². The molecule has 3 N–H and O–H groups in total. The molecule has 2 fully saturated rings. The lowest BCUT2D eigenvalue weighted by atomic mass is 10.0. The molecule has 52 heavy (non-hydrogen) atoms. The third-order valence-electron chi connectivity index (χ3n) is 9.99. The SMILES string of the molecule is CN(C)c1ccc(-c2nn([C@H]3C[C@H]4C(=O)N[C@@]5(C(=O)O)C[C@@H]5/C=C\CCCCC[C@@H](NC(=O)OC(C)(C)C)C(=O)N4C3)nc2-c2ccccc2)cc1. The Bertz CT molecular complexity index is 1820. The lowest BCUT2D eigenvalue weighted by Gasteiger charge is -2.30. The summed E-state index contributed by atoms with van der Waals surface area (Å²) in [6.07, 6.45) is 6.96. The maximum Gasteiger partial charge on any atom is 0.408 e. The first-order valence-electron chi connectivity index (χ1n) is 18.1. The van der Waals surface area contributed by atoms with Gasteiger partial charge in [0.2, 0.25) is 11.8 Å². The minimum atomic E-state index is -1.44. The monoisotopic (exact) mass is 711 g/mol. The number of allylic oxidation sites excluding steroid dienone is 1. The molecule has 0 radical (unpaired) electrons. The van der Waals surface area contributed by atoms with E-state index in [4.69, 9.17) is 14.9 Å². The Balaban J connectivity index is 1.37. The number of hydrogen-bond donors (Lipinski definition) is 3. The molecule has 1 saturated heterocycles. The number of carboxylic acids is 1. The van der Waals surface area contributed by atoms with Crippen molar-refractivity contribution in [3.63, 3.8) is 0 Å². The highest BCUT2D eigenvalue weighted by atomic mass is 16.6. The highest BCUT2D eigenvalue weighted by molar-refractivity contribution is 5.96. The van der Waals surface area contributed by atoms with E-state index >= 15 is 0 Å². The van der Waals surface area contributed by atoms with Gasteiger partial charge in [-0.25, -0.2) is 9.59 Å². The van der Waals surface area contributed by atoms with Crippen LogP contribution in [0.2, 0.25) is 0 Å². The minimum absolute atomic E-state index is 0.0781. The average molecular weight is 712 g/mol. The van der Waals surface area contributed by atoms with Crippen LogP contribution >= 0.6 is 0 Å². The van der Waals surface area contributed by atoms with Crippen LogP contribution in [-0.4, -0.2) is 92.7 Å². The summed E-state index contributed by atoms with van der Waals surface area (Å²) in [5.41, 5.74) is 1.84. The van der Waals surface area contributed by atoms with Crippen molar-refractivity contribution in [2.75, 3.05) is 25.5 Å². The molecule has 2 aliphatic heterocycles. The Morgan fingerprint density at radius 1 is 0.981 bits per heavy atom. The number of aromatic nitrogens is 3. The molecule has 3 aromatic rings. The van der Waals surface area contributed by atoms with E-state index in [0.29, 0.717) is 24.2 Å². The second kappa shape index (κ2) is 14.8. The maximum atomic E-state index is 14.5. The summed E-state index contributed by atoms with van der Waals surface area (Å²) in [5.74, 6) is -2.45. The Morgan fingerprint density at radius 2 is 1.65 bits per heavy atom. The highest BCUT2D eigenvalue weighted by Gasteiger charge is 2.61. The van der Waals surface area contributed by atoms with Crippen molar-refractivity contribution >= 4 is 29.6 Å². The van der Waals surface area contributed by atoms with Gasteiger partial charge in [-0.1, -0.05) is 67.5 Å². The summed E-state index contributed by atoms with van der Waals surface area (Å²) in [4.78, 5) is 59.2. The van der Waals surface area contributed by atoms with Crippen molar-refractivity contribution in [3.05, 3.63) is 66.7 Å². The molecule has 3 amide bonds. The first kappa shape index (κ1) is 36.6. The summed E-state index contributed by atoms with van der Waals surface area (Å²) in [6.45, 7) is 5.32. The quantitative estimate of drug-likeness (QED) is 0.293. The molecule has 5 atom stereocenters. The molecule has 3 heterocycles. The van der Waals surface area contributed by atoms with Crippen LogP contribution in [0.25, 0.3) is 22.5 Å². The van der Waals surface area contributed by atoms with Crippen LogP contribution in [-0.2, 0) is 19.1 Å². The third-order valence-corrected chi connectivity index (χ3v) is 9.99. The molecule has 2 aromatic carbocycles. The fourth-order valence-electron chi connectivity index (χ4n) is 7.08. The molecule has 13 heteroatoms. The molecule has 0 unspecified atom stereocenters. The number of fused-ring (bicyclic) bond motifs is 2. The van der Waals surface area contributed by atoms with Gasteiger partial charge in [0.15, 0.2) is 0 Å². The normalized spacial score (nSPS) is 25.8. The number of amides is 3. The molecule has 6 rings (SSSR count). The summed E-state index contributed by atoms with van der Waals surface area (Å²) >= 11 is 0. The topological polar surface area (TPSA) is 159 Å². The molecule has 1 aliphatic carbocycles. The standard InChI is InChI=1S/C39H49N7O6/c1-38(2,3)52-37(51)40-30-17-13-8-6-7-12-16-27-23-39(27,36(49)50)41-34(47)31-22-29(24-45(31)35(30)48)46-42-32(25-14-10-9-11-15-25)33(43-46)26-18-20-28(21-19-26)44(4)5/h9-12,14-16,18-21,27,29-31H,6-8,13,17,22-24H2,1-5H3,(H,40,51)(H,41,47)(H,49,50)/b16-12-/t27-,29-,30+,31-,39-/m0/s1. The number of nitrogens with one attached hydrogen (secondary N) is 2. The molecule has 276 valence electrons. The van der Waals surface area contributed by atoms with Crippen molar-refractivity contribution in [2.45, 2.75) is 95.0 Å². The van der Waals surface area contributed by atoms with Crippen LogP contribution in [0.15, 0.2) is 66.7 Å². The van der Waals surface area contributed by atoms with Crippen LogP contribution in [0.5, 0.6) is 0 Å². The van der Waals surface area contributed by atoms with Crippen LogP contribution in [0.4, 0.5) is 10.5 Å². The van der Waals surface area contributed by atoms with Gasteiger partial charge in [-0.05, 0) is 58.6 Å². The summed E-state index contributed by atoms with van der Waals surface area (Å²) < 4.78 is 5.52. The molecule has 0 spiro atoms. The minimum Gasteiger partial charge on any atom is -0.479 e. The molecular formula is C39H49N7O6. The summed E-state index contributed by atoms with van der Waals surface area (Å²) in [7, 11) is 3.95. The first-order valence-corrected chi connectivity index (χ1v) is 18.1. The van der Waals surface area contributed by atoms with Crippen molar-refractivity contribution in [3.8, 4) is 22.5 Å². The van der Waals surface area contributed by atoms with E-state index in [2.05, 4.69) is 10.6 Å². The van der Waals surface area contributed by atoms with E-state index in [0.717, 1.165) is 36.1 Å². The number of hydrogen-bond acceptors (Lipinski definition) is 8. The number of carbonyl (C=O) groups excluding carboxylic acids is 3. The van der Waals surface area contributed by atoms with Crippen LogP contribution in [0, 0.1) is 5.92 Å². The lowest BCUT2D eigenvalue weighted by Crippen LogP contribution is -2.56. The largest absolute Gasteiger partial charge is 0.479 e. The Hall–Kier alpha value is -5.20. The number of rotatable bonds is 6. The van der Waals surface area contributed by atoms with Crippen molar-refractivity contribution < 1.29 is 29.0 Å². The van der Waals surface area contributed by atoms with Crippen LogP contribution < -0.4 is 15.5 Å². The molecule has 13 nitrogen and oxygen atoms in total. The van der Waals surface area contributed by atoms with Gasteiger partial charge < -0.3 is 30.3 Å². The summed E-state index contributed by atoms with van der Waals surface area (Å²) in [5, 5.41) is 25.8. The van der Waals surface area contributed by atoms with E-state index in [9.17, 15) is 24.3 Å². The zero-order valence-corrected chi connectivity index (χ0v) is 30.5. The smallest absolute Gasteiger partial charge is 0.408 e. The number of alkyl carbamates (subject to hydrolysis) is 1. The van der Waals surface area contributed by atoms with Crippen molar-refractivity contribution in [1.82, 2.24) is 30.5 Å². The summed E-state index contributed by atoms with van der Waals surface area (Å²) in [6, 6.07) is 15.2. The highest BCUT2D eigenvalue weighted by Crippen LogP contribution is 2.45. The molecule has 0 bridgehead atoms. The van der Waals surface area contributed by atoms with Gasteiger partial charge in [0.05, 0.1) is 6.04 Å². The fourth-order valence-corrected chi connectivity index (χ4v) is 7.08. The van der Waals surface area contributed by atoms with E-state index in [1.807, 2.05) is 85.7 Å². The Morgan fingerprint density at radius 3 is 2.29 bits per heavy atom. The molecule has 1 saturated carbocycles. The van der Waals surface area contributed by atoms with Gasteiger partial charge in [0.25, 0.3) is 0 Å². The molecule has 3 aliphatic rings. The second-order valence-corrected chi connectivity index (χ2v) is 15.3. The van der Waals surface area contributed by atoms with E-state index in [-0.39, 0.29) is 25.3 Å². The Labute approximate surface area is 304 Å². The number of ether oxygens (including phenoxy) is 1. The number of carboxylic acid groups (broad SMARTS) is 1. The second-order valence-electron chi connectivity index (χ2n) is 15.3. The average Bonchev–Trinajstić information content (AvgIpc) is 3.40. The third kappa shape index (κ3) is 7.98. The fraction of sp³-hybridized carbons (Fsp3) is 0.487. The zero-order chi connectivity index (χ0) is 37.2. The maximum absolute atomic E-state index is 14.5. The van der Waals surface area contributed by atoms with Crippen molar-refractivity contribution in [1.29, 1.82) is 0 Å². The lowest BCUT2D eigenvalue weighted by molar-refractivity contribution is -0.145. The number of carbonyl (C=O) groups is 4. The van der Waals surface area contributed by atoms with Crippen LogP contribution in [0.3, 0.4) is 0 Å².